The van der Waals surface area contributed by atoms with Crippen molar-refractivity contribution < 1.29 is 14.3 Å². The Hall–Kier alpha value is -2.60. The highest BCUT2D eigenvalue weighted by molar-refractivity contribution is 5.91. The number of amides is 2. The van der Waals surface area contributed by atoms with Crippen molar-refractivity contribution in [1.82, 2.24) is 10.3 Å². The van der Waals surface area contributed by atoms with Gasteiger partial charge in [0.15, 0.2) is 0 Å². The lowest BCUT2D eigenvalue weighted by Crippen LogP contribution is -2.36. The largest absolute Gasteiger partial charge is 0.475 e. The number of rotatable bonds is 7. The summed E-state index contributed by atoms with van der Waals surface area (Å²) in [6, 6.07) is 11.3. The first-order valence-electron chi connectivity index (χ1n) is 7.75. The Bertz CT molecular complexity index is 642. The van der Waals surface area contributed by atoms with E-state index in [9.17, 15) is 4.79 Å². The third-order valence-electron chi connectivity index (χ3n) is 3.50. The number of hydrogen-bond acceptors (Lipinski definition) is 4. The fourth-order valence-corrected chi connectivity index (χ4v) is 2.01. The predicted molar refractivity (Wildman–Crippen MR) is 93.4 cm³/mol. The Morgan fingerprint density at radius 1 is 1.17 bits per heavy atom. The molecule has 2 rings (SSSR count). The number of nitrogens with zero attached hydrogens (tertiary/aromatic N) is 2. The molecule has 0 aliphatic rings. The van der Waals surface area contributed by atoms with Crippen LogP contribution < -0.4 is 15.0 Å². The van der Waals surface area contributed by atoms with Crippen molar-refractivity contribution in [3.63, 3.8) is 0 Å². The Morgan fingerprint density at radius 2 is 1.92 bits per heavy atom. The van der Waals surface area contributed by atoms with Gasteiger partial charge in [0.1, 0.15) is 6.61 Å². The van der Waals surface area contributed by atoms with E-state index in [1.54, 1.807) is 31.3 Å². The lowest BCUT2D eigenvalue weighted by Gasteiger charge is -2.18. The highest BCUT2D eigenvalue weighted by Crippen LogP contribution is 2.13. The zero-order valence-electron chi connectivity index (χ0n) is 14.3. The van der Waals surface area contributed by atoms with Crippen LogP contribution in [0.4, 0.5) is 10.5 Å². The Kier molecular flexibility index (Phi) is 6.57. The van der Waals surface area contributed by atoms with Crippen molar-refractivity contribution in [3.8, 4) is 5.88 Å². The maximum absolute atomic E-state index is 12.2. The number of hydrogen-bond donors (Lipinski definition) is 1. The predicted octanol–water partition coefficient (Wildman–Crippen LogP) is 2.76. The van der Waals surface area contributed by atoms with Gasteiger partial charge in [-0.05, 0) is 24.6 Å². The minimum atomic E-state index is -0.167. The van der Waals surface area contributed by atoms with Gasteiger partial charge < -0.3 is 14.8 Å². The summed E-state index contributed by atoms with van der Waals surface area (Å²) in [6.45, 7) is 3.39. The molecule has 1 heterocycles. The molecule has 0 atom stereocenters. The van der Waals surface area contributed by atoms with Crippen LogP contribution in [0.3, 0.4) is 0 Å². The van der Waals surface area contributed by atoms with Gasteiger partial charge in [-0.1, -0.05) is 23.8 Å². The average molecular weight is 329 g/mol. The highest BCUT2D eigenvalue weighted by Gasteiger charge is 2.10. The lowest BCUT2D eigenvalue weighted by molar-refractivity contribution is 0.143. The third kappa shape index (κ3) is 5.24. The van der Waals surface area contributed by atoms with Crippen LogP contribution in [-0.4, -0.2) is 38.4 Å². The van der Waals surface area contributed by atoms with Crippen LogP contribution in [0.25, 0.3) is 0 Å². The molecule has 0 bridgehead atoms. The first-order chi connectivity index (χ1) is 11.6. The number of carbonyl (C=O) groups is 1. The number of ether oxygens (including phenoxy) is 2. The SMILES string of the molecule is COCCOc1ccc(CNC(=O)N(C)c2ccc(C)cc2)cn1. The number of pyridine rings is 1. The zero-order valence-corrected chi connectivity index (χ0v) is 14.3. The molecule has 0 radical (unpaired) electrons. The zero-order chi connectivity index (χ0) is 17.4. The monoisotopic (exact) mass is 329 g/mol. The minimum absolute atomic E-state index is 0.167. The summed E-state index contributed by atoms with van der Waals surface area (Å²) in [7, 11) is 3.36. The molecule has 0 aliphatic carbocycles. The molecule has 1 aromatic heterocycles. The van der Waals surface area contributed by atoms with E-state index in [0.29, 0.717) is 25.6 Å². The van der Waals surface area contributed by atoms with Crippen LogP contribution in [-0.2, 0) is 11.3 Å². The van der Waals surface area contributed by atoms with E-state index in [1.165, 1.54) is 0 Å². The Morgan fingerprint density at radius 3 is 2.54 bits per heavy atom. The molecule has 0 saturated carbocycles. The number of aromatic nitrogens is 1. The molecule has 0 spiro atoms. The number of methoxy groups -OCH3 is 1. The van der Waals surface area contributed by atoms with E-state index < -0.39 is 0 Å². The van der Waals surface area contributed by atoms with Crippen LogP contribution in [0.1, 0.15) is 11.1 Å². The van der Waals surface area contributed by atoms with Crippen LogP contribution in [0.2, 0.25) is 0 Å². The second-order valence-electron chi connectivity index (χ2n) is 5.40. The van der Waals surface area contributed by atoms with Crippen molar-refractivity contribution in [3.05, 3.63) is 53.7 Å². The van der Waals surface area contributed by atoms with E-state index in [-0.39, 0.29) is 6.03 Å². The summed E-state index contributed by atoms with van der Waals surface area (Å²) in [6.07, 6.45) is 1.69. The first kappa shape index (κ1) is 17.7. The molecule has 0 saturated heterocycles. The second kappa shape index (κ2) is 8.88. The summed E-state index contributed by atoms with van der Waals surface area (Å²) in [5, 5.41) is 2.87. The van der Waals surface area contributed by atoms with Crippen LogP contribution >= 0.6 is 0 Å². The Balaban J connectivity index is 1.83. The molecule has 128 valence electrons. The summed E-state index contributed by atoms with van der Waals surface area (Å²) in [5.41, 5.74) is 2.91. The van der Waals surface area contributed by atoms with Crippen molar-refractivity contribution in [1.29, 1.82) is 0 Å². The molecule has 0 unspecified atom stereocenters. The fraction of sp³-hybridized carbons (Fsp3) is 0.333. The molecule has 0 aliphatic heterocycles. The van der Waals surface area contributed by atoms with Crippen molar-refractivity contribution in [2.75, 3.05) is 32.3 Å². The topological polar surface area (TPSA) is 63.7 Å². The van der Waals surface area contributed by atoms with Gasteiger partial charge in [-0.15, -0.1) is 0 Å². The molecular formula is C18H23N3O3. The number of carbonyl (C=O) groups excluding carboxylic acids is 1. The Labute approximate surface area is 142 Å². The number of urea groups is 1. The van der Waals surface area contributed by atoms with Crippen molar-refractivity contribution >= 4 is 11.7 Å². The van der Waals surface area contributed by atoms with E-state index in [4.69, 9.17) is 9.47 Å². The fourth-order valence-electron chi connectivity index (χ4n) is 2.01. The van der Waals surface area contributed by atoms with Gasteiger partial charge in [-0.3, -0.25) is 4.90 Å². The highest BCUT2D eigenvalue weighted by atomic mass is 16.5. The third-order valence-corrected chi connectivity index (χ3v) is 3.50. The van der Waals surface area contributed by atoms with Crippen LogP contribution in [0.5, 0.6) is 5.88 Å². The van der Waals surface area contributed by atoms with Gasteiger partial charge in [-0.25, -0.2) is 9.78 Å². The summed E-state index contributed by atoms with van der Waals surface area (Å²) in [4.78, 5) is 18.0. The second-order valence-corrected chi connectivity index (χ2v) is 5.40. The quantitative estimate of drug-likeness (QED) is 0.793. The summed E-state index contributed by atoms with van der Waals surface area (Å²) >= 11 is 0. The number of anilines is 1. The molecule has 1 N–H and O–H groups in total. The van der Waals surface area contributed by atoms with Gasteiger partial charge in [0.2, 0.25) is 5.88 Å². The maximum Gasteiger partial charge on any atom is 0.321 e. The van der Waals surface area contributed by atoms with Gasteiger partial charge >= 0.3 is 6.03 Å². The van der Waals surface area contributed by atoms with Gasteiger partial charge in [0, 0.05) is 38.7 Å². The molecule has 6 heteroatoms. The number of nitrogens with one attached hydrogen (secondary N) is 1. The van der Waals surface area contributed by atoms with E-state index in [1.807, 2.05) is 37.3 Å². The lowest BCUT2D eigenvalue weighted by atomic mass is 10.2. The summed E-state index contributed by atoms with van der Waals surface area (Å²) < 4.78 is 10.3. The van der Waals surface area contributed by atoms with Crippen molar-refractivity contribution in [2.24, 2.45) is 0 Å². The number of benzene rings is 1. The molecule has 24 heavy (non-hydrogen) atoms. The van der Waals surface area contributed by atoms with Crippen LogP contribution in [0, 0.1) is 6.92 Å². The van der Waals surface area contributed by atoms with E-state index >= 15 is 0 Å². The maximum atomic E-state index is 12.2. The minimum Gasteiger partial charge on any atom is -0.475 e. The molecular weight excluding hydrogens is 306 g/mol. The van der Waals surface area contributed by atoms with E-state index in [2.05, 4.69) is 10.3 Å². The first-order valence-corrected chi connectivity index (χ1v) is 7.75. The smallest absolute Gasteiger partial charge is 0.321 e. The normalized spacial score (nSPS) is 10.3. The molecule has 0 fully saturated rings. The molecule has 2 amide bonds. The standard InChI is InChI=1S/C18H23N3O3/c1-14-4-7-16(8-5-14)21(2)18(22)20-13-15-6-9-17(19-12-15)24-11-10-23-3/h4-9,12H,10-11,13H2,1-3H3,(H,20,22). The molecule has 2 aromatic rings. The molecule has 1 aromatic carbocycles. The molecule has 6 nitrogen and oxygen atoms in total. The van der Waals surface area contributed by atoms with Gasteiger partial charge in [-0.2, -0.15) is 0 Å². The van der Waals surface area contributed by atoms with Gasteiger partial charge in [0.25, 0.3) is 0 Å². The van der Waals surface area contributed by atoms with Crippen LogP contribution in [0.15, 0.2) is 42.6 Å². The van der Waals surface area contributed by atoms with Crippen molar-refractivity contribution in [2.45, 2.75) is 13.5 Å². The van der Waals surface area contributed by atoms with E-state index in [0.717, 1.165) is 16.8 Å². The number of aryl methyl sites for hydroxylation is 1. The van der Waals surface area contributed by atoms with Gasteiger partial charge in [0.05, 0.1) is 6.61 Å². The average Bonchev–Trinajstić information content (AvgIpc) is 2.61. The summed E-state index contributed by atoms with van der Waals surface area (Å²) in [5.74, 6) is 0.541.